The minimum Gasteiger partial charge on any atom is -0.374 e. The quantitative estimate of drug-likeness (QED) is 0.906. The van der Waals surface area contributed by atoms with Gasteiger partial charge in [-0.3, -0.25) is 0 Å². The third kappa shape index (κ3) is 2.64. The fraction of sp³-hybridized carbons (Fsp3) is 0.667. The van der Waals surface area contributed by atoms with Gasteiger partial charge in [0.2, 0.25) is 0 Å². The van der Waals surface area contributed by atoms with E-state index in [0.29, 0.717) is 31.3 Å². The molecule has 5 rings (SSSR count). The highest BCUT2D eigenvalue weighted by atomic mass is 16.5. The highest BCUT2D eigenvalue weighted by Gasteiger charge is 2.62. The highest BCUT2D eigenvalue weighted by molar-refractivity contribution is 5.75. The van der Waals surface area contributed by atoms with Crippen molar-refractivity contribution in [1.82, 2.24) is 10.2 Å². The van der Waals surface area contributed by atoms with Gasteiger partial charge in [-0.1, -0.05) is 30.3 Å². The summed E-state index contributed by atoms with van der Waals surface area (Å²) in [5, 5.41) is 3.21. The predicted molar refractivity (Wildman–Crippen MR) is 97.7 cm³/mol. The van der Waals surface area contributed by atoms with E-state index < -0.39 is 5.60 Å². The topological polar surface area (TPSA) is 50.8 Å². The van der Waals surface area contributed by atoms with E-state index in [1.807, 2.05) is 23.1 Å². The van der Waals surface area contributed by atoms with E-state index in [-0.39, 0.29) is 12.1 Å². The van der Waals surface area contributed by atoms with E-state index >= 15 is 0 Å². The number of fused-ring (bicyclic) bond motifs is 5. The number of rotatable bonds is 3. The van der Waals surface area contributed by atoms with Crippen molar-refractivity contribution in [1.29, 1.82) is 0 Å². The normalized spacial score (nSPS) is 39.5. The molecule has 0 spiro atoms. The molecule has 3 heterocycles. The molecule has 6 atom stereocenters. The van der Waals surface area contributed by atoms with Crippen molar-refractivity contribution >= 4 is 6.03 Å². The molecule has 1 unspecified atom stereocenters. The summed E-state index contributed by atoms with van der Waals surface area (Å²) in [5.74, 6) is 2.08. The molecule has 5 nitrogen and oxygen atoms in total. The number of urea groups is 1. The van der Waals surface area contributed by atoms with Crippen molar-refractivity contribution < 1.29 is 14.3 Å². The SMILES string of the molecule is CC1(C)OCCN(C(=O)NC[C@@H]2C[C@@H]3O[C@H]2[C@H]2C[C@H]23)C1c1ccccc1. The Morgan fingerprint density at radius 1 is 1.23 bits per heavy atom. The third-order valence-electron chi connectivity index (χ3n) is 6.79. The summed E-state index contributed by atoms with van der Waals surface area (Å²) < 4.78 is 12.1. The Morgan fingerprint density at radius 3 is 2.77 bits per heavy atom. The fourth-order valence-electron chi connectivity index (χ4n) is 5.51. The maximum absolute atomic E-state index is 13.0. The van der Waals surface area contributed by atoms with Gasteiger partial charge in [0.1, 0.15) is 0 Å². The summed E-state index contributed by atoms with van der Waals surface area (Å²) >= 11 is 0. The van der Waals surface area contributed by atoms with Crippen molar-refractivity contribution in [3.8, 4) is 0 Å². The highest BCUT2D eigenvalue weighted by Crippen LogP contribution is 2.60. The Kier molecular flexibility index (Phi) is 3.80. The van der Waals surface area contributed by atoms with Gasteiger partial charge in [0.25, 0.3) is 0 Å². The average molecular weight is 356 g/mol. The number of benzene rings is 1. The molecule has 3 saturated heterocycles. The lowest BCUT2D eigenvalue weighted by Crippen LogP contribution is -2.56. The maximum Gasteiger partial charge on any atom is 0.318 e. The van der Waals surface area contributed by atoms with Crippen molar-refractivity contribution in [2.45, 2.75) is 50.5 Å². The lowest BCUT2D eigenvalue weighted by molar-refractivity contribution is -0.114. The maximum atomic E-state index is 13.0. The first kappa shape index (κ1) is 16.6. The monoisotopic (exact) mass is 356 g/mol. The molecule has 0 aromatic heterocycles. The van der Waals surface area contributed by atoms with E-state index in [4.69, 9.17) is 9.47 Å². The summed E-state index contributed by atoms with van der Waals surface area (Å²) in [4.78, 5) is 15.0. The number of amides is 2. The molecule has 1 saturated carbocycles. The van der Waals surface area contributed by atoms with Crippen molar-refractivity contribution in [3.05, 3.63) is 35.9 Å². The van der Waals surface area contributed by atoms with Gasteiger partial charge in [0.05, 0.1) is 30.5 Å². The van der Waals surface area contributed by atoms with Gasteiger partial charge < -0.3 is 19.7 Å². The number of carbonyl (C=O) groups is 1. The second kappa shape index (κ2) is 5.96. The molecule has 26 heavy (non-hydrogen) atoms. The van der Waals surface area contributed by atoms with Crippen LogP contribution < -0.4 is 5.32 Å². The molecule has 4 fully saturated rings. The van der Waals surface area contributed by atoms with Gasteiger partial charge >= 0.3 is 6.03 Å². The molecule has 140 valence electrons. The van der Waals surface area contributed by atoms with Gasteiger partial charge in [-0.25, -0.2) is 4.79 Å². The first-order valence-electron chi connectivity index (χ1n) is 9.93. The summed E-state index contributed by atoms with van der Waals surface area (Å²) in [6.45, 7) is 6.06. The van der Waals surface area contributed by atoms with Crippen LogP contribution in [0.1, 0.15) is 38.3 Å². The van der Waals surface area contributed by atoms with E-state index in [2.05, 4.69) is 31.3 Å². The largest absolute Gasteiger partial charge is 0.374 e. The van der Waals surface area contributed by atoms with Crippen LogP contribution >= 0.6 is 0 Å². The fourth-order valence-corrected chi connectivity index (χ4v) is 5.51. The van der Waals surface area contributed by atoms with Crippen LogP contribution in [0.25, 0.3) is 0 Å². The van der Waals surface area contributed by atoms with Crippen LogP contribution in [0.4, 0.5) is 4.79 Å². The lowest BCUT2D eigenvalue weighted by atomic mass is 9.88. The standard InChI is InChI=1S/C21H28N2O3/c1-21(2)19(13-6-4-3-5-7-13)23(8-9-25-21)20(24)22-12-14-10-17-15-11-16(15)18(14)26-17/h3-7,14-19H,8-12H2,1-2H3,(H,22,24)/t14-,15+,16-,17-,18+,19?/m0/s1. The molecule has 2 amide bonds. The minimum atomic E-state index is -0.409. The predicted octanol–water partition coefficient (Wildman–Crippen LogP) is 2.97. The van der Waals surface area contributed by atoms with Crippen LogP contribution in [0.15, 0.2) is 30.3 Å². The van der Waals surface area contributed by atoms with Gasteiger partial charge in [-0.05, 0) is 44.1 Å². The first-order chi connectivity index (χ1) is 12.5. The van der Waals surface area contributed by atoms with Gasteiger partial charge in [0.15, 0.2) is 0 Å². The van der Waals surface area contributed by atoms with Crippen LogP contribution in [0, 0.1) is 17.8 Å². The zero-order valence-corrected chi connectivity index (χ0v) is 15.6. The second-order valence-electron chi connectivity index (χ2n) is 8.84. The number of ether oxygens (including phenoxy) is 2. The molecule has 4 aliphatic rings. The zero-order valence-electron chi connectivity index (χ0n) is 15.6. The molecule has 1 N–H and O–H groups in total. The minimum absolute atomic E-state index is 0.0188. The molecule has 2 bridgehead atoms. The summed E-state index contributed by atoms with van der Waals surface area (Å²) in [6, 6.07) is 10.2. The Hall–Kier alpha value is -1.59. The zero-order chi connectivity index (χ0) is 17.9. The third-order valence-corrected chi connectivity index (χ3v) is 6.79. The second-order valence-corrected chi connectivity index (χ2v) is 8.84. The summed E-state index contributed by atoms with van der Waals surface area (Å²) in [6.07, 6.45) is 3.30. The van der Waals surface area contributed by atoms with E-state index in [1.54, 1.807) is 0 Å². The van der Waals surface area contributed by atoms with Crippen molar-refractivity contribution in [3.63, 3.8) is 0 Å². The average Bonchev–Trinajstić information content (AvgIpc) is 3.24. The molecule has 3 aliphatic heterocycles. The molecule has 0 radical (unpaired) electrons. The number of carbonyl (C=O) groups excluding carboxylic acids is 1. The van der Waals surface area contributed by atoms with Crippen molar-refractivity contribution in [2.75, 3.05) is 19.7 Å². The Bertz CT molecular complexity index is 692. The summed E-state index contributed by atoms with van der Waals surface area (Å²) in [7, 11) is 0. The van der Waals surface area contributed by atoms with Crippen LogP contribution in [0.2, 0.25) is 0 Å². The molecular formula is C21H28N2O3. The molecule has 1 aromatic carbocycles. The van der Waals surface area contributed by atoms with E-state index in [9.17, 15) is 4.79 Å². The van der Waals surface area contributed by atoms with Crippen LogP contribution in [0.3, 0.4) is 0 Å². The van der Waals surface area contributed by atoms with E-state index in [1.165, 1.54) is 6.42 Å². The number of hydrogen-bond acceptors (Lipinski definition) is 3. The number of morpholine rings is 1. The summed E-state index contributed by atoms with van der Waals surface area (Å²) in [5.41, 5.74) is 0.713. The van der Waals surface area contributed by atoms with Crippen LogP contribution in [-0.2, 0) is 9.47 Å². The van der Waals surface area contributed by atoms with Gasteiger partial charge in [-0.2, -0.15) is 0 Å². The number of nitrogens with one attached hydrogen (secondary N) is 1. The molecular weight excluding hydrogens is 328 g/mol. The van der Waals surface area contributed by atoms with Gasteiger partial charge in [0, 0.05) is 19.0 Å². The van der Waals surface area contributed by atoms with E-state index in [0.717, 1.165) is 30.4 Å². The Balaban J connectivity index is 1.28. The first-order valence-corrected chi connectivity index (χ1v) is 9.93. The number of nitrogens with zero attached hydrogens (tertiary/aromatic N) is 1. The lowest BCUT2D eigenvalue weighted by Gasteiger charge is -2.46. The van der Waals surface area contributed by atoms with Crippen molar-refractivity contribution in [2.24, 2.45) is 17.8 Å². The molecule has 1 aromatic rings. The molecule has 5 heteroatoms. The smallest absolute Gasteiger partial charge is 0.318 e. The van der Waals surface area contributed by atoms with Gasteiger partial charge in [-0.15, -0.1) is 0 Å². The molecule has 1 aliphatic carbocycles. The Morgan fingerprint density at radius 2 is 2.04 bits per heavy atom. The Labute approximate surface area is 155 Å². The van der Waals surface area contributed by atoms with Crippen LogP contribution in [-0.4, -0.2) is 48.4 Å². The van der Waals surface area contributed by atoms with Crippen LogP contribution in [0.5, 0.6) is 0 Å². The number of hydrogen-bond donors (Lipinski definition) is 1.